The van der Waals surface area contributed by atoms with Gasteiger partial charge in [-0.3, -0.25) is 4.90 Å². The van der Waals surface area contributed by atoms with Crippen LogP contribution in [-0.2, 0) is 29.4 Å². The highest BCUT2D eigenvalue weighted by atomic mass is 32.2. The van der Waals surface area contributed by atoms with Crippen molar-refractivity contribution in [2.75, 3.05) is 31.9 Å². The molecule has 2 heterocycles. The third kappa shape index (κ3) is 4.59. The Morgan fingerprint density at radius 1 is 1.11 bits per heavy atom. The molecule has 2 aliphatic rings. The Morgan fingerprint density at radius 3 is 2.37 bits per heavy atom. The van der Waals surface area contributed by atoms with E-state index in [2.05, 4.69) is 39.5 Å². The highest BCUT2D eigenvalue weighted by molar-refractivity contribution is 7.89. The molecular weight excluding hydrogens is 378 g/mol. The Bertz CT molecular complexity index is 861. The van der Waals surface area contributed by atoms with Crippen molar-refractivity contribution in [2.45, 2.75) is 32.7 Å². The molecule has 1 aromatic carbocycles. The molecule has 0 bridgehead atoms. The summed E-state index contributed by atoms with van der Waals surface area (Å²) >= 11 is 1.67. The van der Waals surface area contributed by atoms with Crippen molar-refractivity contribution in [3.05, 3.63) is 51.5 Å². The van der Waals surface area contributed by atoms with E-state index in [1.165, 1.54) is 11.1 Å². The van der Waals surface area contributed by atoms with E-state index in [-0.39, 0.29) is 5.75 Å². The van der Waals surface area contributed by atoms with E-state index in [1.807, 2.05) is 6.92 Å². The molecule has 0 spiro atoms. The number of nitrogens with zero attached hydrogens (tertiary/aromatic N) is 3. The van der Waals surface area contributed by atoms with Crippen LogP contribution in [0.3, 0.4) is 0 Å². The topological polar surface area (TPSA) is 53.5 Å². The van der Waals surface area contributed by atoms with Gasteiger partial charge in [-0.05, 0) is 43.2 Å². The molecular formula is C20H27N3O2S2. The molecule has 1 fully saturated rings. The minimum atomic E-state index is -3.16. The summed E-state index contributed by atoms with van der Waals surface area (Å²) < 4.78 is 27.3. The minimum absolute atomic E-state index is 0.275. The zero-order chi connectivity index (χ0) is 18.9. The standard InChI is InChI=1S/C20H27N3O2S2/c1-16-21-20(15-26-16)14-22-7-9-23(10-8-22)27(24,25)11-6-17-12-18-4-2-3-5-19(18)13-17/h2-5,15,17H,6-14H2,1H3. The lowest BCUT2D eigenvalue weighted by Gasteiger charge is -2.33. The molecule has 1 aliphatic heterocycles. The SMILES string of the molecule is Cc1nc(CN2CCN(S(=O)(=O)CCC3Cc4ccccc4C3)CC2)cs1. The smallest absolute Gasteiger partial charge is 0.214 e. The Morgan fingerprint density at radius 2 is 1.78 bits per heavy atom. The van der Waals surface area contributed by atoms with Gasteiger partial charge in [-0.25, -0.2) is 13.4 Å². The number of hydrogen-bond acceptors (Lipinski definition) is 5. The Hall–Kier alpha value is -1.28. The van der Waals surface area contributed by atoms with Gasteiger partial charge in [-0.1, -0.05) is 24.3 Å². The molecule has 7 heteroatoms. The lowest BCUT2D eigenvalue weighted by molar-refractivity contribution is 0.180. The molecule has 2 aromatic rings. The van der Waals surface area contributed by atoms with Crippen LogP contribution in [0.5, 0.6) is 0 Å². The van der Waals surface area contributed by atoms with Crippen LogP contribution in [0.2, 0.25) is 0 Å². The van der Waals surface area contributed by atoms with Gasteiger partial charge >= 0.3 is 0 Å². The lowest BCUT2D eigenvalue weighted by Crippen LogP contribution is -2.49. The number of thiazole rings is 1. The fourth-order valence-electron chi connectivity index (χ4n) is 4.17. The summed E-state index contributed by atoms with van der Waals surface area (Å²) in [5, 5.41) is 3.18. The molecule has 0 unspecified atom stereocenters. The predicted octanol–water partition coefficient (Wildman–Crippen LogP) is 2.70. The van der Waals surface area contributed by atoms with Crippen molar-refractivity contribution in [3.8, 4) is 0 Å². The van der Waals surface area contributed by atoms with Crippen LogP contribution in [0.15, 0.2) is 29.6 Å². The summed E-state index contributed by atoms with van der Waals surface area (Å²) in [6.07, 6.45) is 2.80. The van der Waals surface area contributed by atoms with Crippen LogP contribution in [0.4, 0.5) is 0 Å². The molecule has 1 aromatic heterocycles. The summed E-state index contributed by atoms with van der Waals surface area (Å²) in [4.78, 5) is 6.81. The highest BCUT2D eigenvalue weighted by Crippen LogP contribution is 2.29. The maximum atomic E-state index is 12.8. The van der Waals surface area contributed by atoms with E-state index in [4.69, 9.17) is 0 Å². The van der Waals surface area contributed by atoms with Gasteiger partial charge in [0, 0.05) is 38.1 Å². The first-order valence-corrected chi connectivity index (χ1v) is 12.2. The van der Waals surface area contributed by atoms with Crippen molar-refractivity contribution < 1.29 is 8.42 Å². The summed E-state index contributed by atoms with van der Waals surface area (Å²) in [6.45, 7) is 5.59. The second-order valence-electron chi connectivity index (χ2n) is 7.68. The first-order valence-electron chi connectivity index (χ1n) is 9.67. The van der Waals surface area contributed by atoms with Crippen LogP contribution < -0.4 is 0 Å². The van der Waals surface area contributed by atoms with E-state index in [0.29, 0.717) is 19.0 Å². The first kappa shape index (κ1) is 19.1. The number of piperazine rings is 1. The van der Waals surface area contributed by atoms with E-state index < -0.39 is 10.0 Å². The zero-order valence-electron chi connectivity index (χ0n) is 15.8. The van der Waals surface area contributed by atoms with Crippen molar-refractivity contribution >= 4 is 21.4 Å². The van der Waals surface area contributed by atoms with Gasteiger partial charge in [0.05, 0.1) is 16.5 Å². The monoisotopic (exact) mass is 405 g/mol. The van der Waals surface area contributed by atoms with Gasteiger partial charge in [0.1, 0.15) is 0 Å². The fourth-order valence-corrected chi connectivity index (χ4v) is 6.39. The summed E-state index contributed by atoms with van der Waals surface area (Å²) in [5.41, 5.74) is 3.88. The van der Waals surface area contributed by atoms with Gasteiger partial charge in [0.25, 0.3) is 0 Å². The highest BCUT2D eigenvalue weighted by Gasteiger charge is 2.29. The molecule has 146 valence electrons. The number of rotatable bonds is 6. The quantitative estimate of drug-likeness (QED) is 0.742. The maximum absolute atomic E-state index is 12.8. The Labute approximate surface area is 166 Å². The normalized spacial score (nSPS) is 19.4. The van der Waals surface area contributed by atoms with Gasteiger partial charge in [0.2, 0.25) is 10.0 Å². The molecule has 27 heavy (non-hydrogen) atoms. The number of sulfonamides is 1. The number of hydrogen-bond donors (Lipinski definition) is 0. The second kappa shape index (κ2) is 7.99. The van der Waals surface area contributed by atoms with Crippen molar-refractivity contribution in [2.24, 2.45) is 5.92 Å². The van der Waals surface area contributed by atoms with Crippen LogP contribution in [0.25, 0.3) is 0 Å². The summed E-state index contributed by atoms with van der Waals surface area (Å²) in [6, 6.07) is 8.49. The van der Waals surface area contributed by atoms with Crippen LogP contribution in [0.1, 0.15) is 28.2 Å². The number of aryl methyl sites for hydroxylation is 1. The van der Waals surface area contributed by atoms with Crippen LogP contribution in [0, 0.1) is 12.8 Å². The van der Waals surface area contributed by atoms with Crippen molar-refractivity contribution in [1.82, 2.24) is 14.2 Å². The molecule has 1 saturated heterocycles. The number of fused-ring (bicyclic) bond motifs is 1. The minimum Gasteiger partial charge on any atom is -0.295 e. The van der Waals surface area contributed by atoms with E-state index in [0.717, 1.165) is 49.6 Å². The van der Waals surface area contributed by atoms with Crippen LogP contribution >= 0.6 is 11.3 Å². The largest absolute Gasteiger partial charge is 0.295 e. The number of benzene rings is 1. The first-order chi connectivity index (χ1) is 13.0. The Kier molecular flexibility index (Phi) is 5.64. The van der Waals surface area contributed by atoms with Gasteiger partial charge in [-0.2, -0.15) is 4.31 Å². The predicted molar refractivity (Wildman–Crippen MR) is 109 cm³/mol. The third-order valence-electron chi connectivity index (χ3n) is 5.70. The third-order valence-corrected chi connectivity index (χ3v) is 8.42. The molecule has 4 rings (SSSR count). The van der Waals surface area contributed by atoms with Gasteiger partial charge in [0.15, 0.2) is 0 Å². The molecule has 1 aliphatic carbocycles. The van der Waals surface area contributed by atoms with Crippen molar-refractivity contribution in [3.63, 3.8) is 0 Å². The van der Waals surface area contributed by atoms with E-state index in [9.17, 15) is 8.42 Å². The lowest BCUT2D eigenvalue weighted by atomic mass is 10.0. The van der Waals surface area contributed by atoms with E-state index in [1.54, 1.807) is 15.6 Å². The molecule has 0 N–H and O–H groups in total. The molecule has 0 atom stereocenters. The zero-order valence-corrected chi connectivity index (χ0v) is 17.4. The van der Waals surface area contributed by atoms with Gasteiger partial charge < -0.3 is 0 Å². The Balaban J connectivity index is 1.25. The van der Waals surface area contributed by atoms with Gasteiger partial charge in [-0.15, -0.1) is 11.3 Å². The molecule has 0 radical (unpaired) electrons. The summed E-state index contributed by atoms with van der Waals surface area (Å²) in [7, 11) is -3.16. The summed E-state index contributed by atoms with van der Waals surface area (Å²) in [5.74, 6) is 0.739. The average molecular weight is 406 g/mol. The van der Waals surface area contributed by atoms with Crippen LogP contribution in [-0.4, -0.2) is 54.5 Å². The molecule has 5 nitrogen and oxygen atoms in total. The van der Waals surface area contributed by atoms with E-state index >= 15 is 0 Å². The number of aromatic nitrogens is 1. The maximum Gasteiger partial charge on any atom is 0.214 e. The average Bonchev–Trinajstić information content (AvgIpc) is 3.26. The molecule has 0 saturated carbocycles. The fraction of sp³-hybridized carbons (Fsp3) is 0.550. The van der Waals surface area contributed by atoms with Crippen molar-refractivity contribution in [1.29, 1.82) is 0 Å². The second-order valence-corrected chi connectivity index (χ2v) is 10.8. The molecule has 0 amide bonds.